The van der Waals surface area contributed by atoms with Gasteiger partial charge < -0.3 is 4.90 Å². The molecule has 1 heterocycles. The lowest BCUT2D eigenvalue weighted by molar-refractivity contribution is -0.119. The third-order valence-corrected chi connectivity index (χ3v) is 5.14. The molecule has 1 amide bonds. The Hall–Kier alpha value is -2.70. The van der Waals surface area contributed by atoms with Crippen molar-refractivity contribution in [2.75, 3.05) is 4.90 Å². The molecule has 140 valence electrons. The van der Waals surface area contributed by atoms with E-state index in [-0.39, 0.29) is 12.5 Å². The highest BCUT2D eigenvalue weighted by molar-refractivity contribution is 9.10. The van der Waals surface area contributed by atoms with Crippen molar-refractivity contribution in [3.63, 3.8) is 0 Å². The van der Waals surface area contributed by atoms with Gasteiger partial charge in [-0.05, 0) is 54.1 Å². The van der Waals surface area contributed by atoms with Gasteiger partial charge in [0.05, 0.1) is 12.1 Å². The Morgan fingerprint density at radius 1 is 1.04 bits per heavy atom. The van der Waals surface area contributed by atoms with Crippen molar-refractivity contribution in [3.05, 3.63) is 87.9 Å². The fraction of sp³-hybridized carbons (Fsp3) is 0.0952. The molecule has 0 radical (unpaired) electrons. The quantitative estimate of drug-likeness (QED) is 0.422. The SMILES string of the molecule is O=C(Cn1nnc2ccccc21)N(Cc1cccc(Cl)c1)c1ccc(Br)cc1. The zero-order valence-corrected chi connectivity index (χ0v) is 17.1. The Kier molecular flexibility index (Phi) is 5.41. The number of carbonyl (C=O) groups excluding carboxylic acids is 1. The molecule has 0 saturated carbocycles. The smallest absolute Gasteiger partial charge is 0.249 e. The molecule has 1 aromatic heterocycles. The number of amides is 1. The highest BCUT2D eigenvalue weighted by Crippen LogP contribution is 2.22. The molecule has 0 aliphatic rings. The van der Waals surface area contributed by atoms with Crippen LogP contribution in [0.1, 0.15) is 5.56 Å². The Bertz CT molecular complexity index is 1130. The van der Waals surface area contributed by atoms with Crippen LogP contribution in [0.25, 0.3) is 11.0 Å². The van der Waals surface area contributed by atoms with Gasteiger partial charge in [0.2, 0.25) is 5.91 Å². The fourth-order valence-corrected chi connectivity index (χ4v) is 3.49. The number of benzene rings is 3. The number of hydrogen-bond donors (Lipinski definition) is 0. The summed E-state index contributed by atoms with van der Waals surface area (Å²) in [6, 6.07) is 22.8. The highest BCUT2D eigenvalue weighted by Gasteiger charge is 2.19. The van der Waals surface area contributed by atoms with Gasteiger partial charge in [0.25, 0.3) is 0 Å². The molecule has 0 bridgehead atoms. The minimum atomic E-state index is -0.0852. The van der Waals surface area contributed by atoms with E-state index in [9.17, 15) is 4.79 Å². The molecule has 7 heteroatoms. The maximum absolute atomic E-state index is 13.2. The van der Waals surface area contributed by atoms with E-state index in [0.717, 1.165) is 26.8 Å². The number of carbonyl (C=O) groups is 1. The first kappa shape index (κ1) is 18.7. The topological polar surface area (TPSA) is 51.0 Å². The molecule has 0 aliphatic heterocycles. The largest absolute Gasteiger partial charge is 0.306 e. The summed E-state index contributed by atoms with van der Waals surface area (Å²) < 4.78 is 2.58. The average Bonchev–Trinajstić information content (AvgIpc) is 3.10. The second-order valence-corrected chi connectivity index (χ2v) is 7.67. The van der Waals surface area contributed by atoms with E-state index in [4.69, 9.17) is 11.6 Å². The predicted octanol–water partition coefficient (Wildman–Crippen LogP) is 5.08. The molecule has 0 aliphatic carbocycles. The molecule has 0 N–H and O–H groups in total. The van der Waals surface area contributed by atoms with E-state index in [1.54, 1.807) is 9.58 Å². The highest BCUT2D eigenvalue weighted by atomic mass is 79.9. The van der Waals surface area contributed by atoms with Gasteiger partial charge in [-0.2, -0.15) is 0 Å². The van der Waals surface area contributed by atoms with Crippen LogP contribution in [-0.4, -0.2) is 20.9 Å². The molecule has 3 aromatic carbocycles. The van der Waals surface area contributed by atoms with Crippen LogP contribution < -0.4 is 4.90 Å². The van der Waals surface area contributed by atoms with E-state index in [2.05, 4.69) is 26.2 Å². The van der Waals surface area contributed by atoms with Crippen molar-refractivity contribution in [2.24, 2.45) is 0 Å². The summed E-state index contributed by atoms with van der Waals surface area (Å²) in [7, 11) is 0. The van der Waals surface area contributed by atoms with Gasteiger partial charge >= 0.3 is 0 Å². The monoisotopic (exact) mass is 454 g/mol. The summed E-state index contributed by atoms with van der Waals surface area (Å²) in [6.45, 7) is 0.505. The third-order valence-electron chi connectivity index (χ3n) is 4.37. The van der Waals surface area contributed by atoms with Crippen LogP contribution in [0.4, 0.5) is 5.69 Å². The van der Waals surface area contributed by atoms with Crippen LogP contribution in [0, 0.1) is 0 Å². The molecular weight excluding hydrogens is 440 g/mol. The minimum Gasteiger partial charge on any atom is -0.306 e. The van der Waals surface area contributed by atoms with Gasteiger partial charge in [-0.15, -0.1) is 5.10 Å². The summed E-state index contributed by atoms with van der Waals surface area (Å²) in [5.74, 6) is -0.0852. The van der Waals surface area contributed by atoms with E-state index >= 15 is 0 Å². The average molecular weight is 456 g/mol. The number of hydrogen-bond acceptors (Lipinski definition) is 3. The number of anilines is 1. The Morgan fingerprint density at radius 3 is 2.61 bits per heavy atom. The fourth-order valence-electron chi connectivity index (χ4n) is 3.01. The molecule has 5 nitrogen and oxygen atoms in total. The third kappa shape index (κ3) is 4.08. The van der Waals surface area contributed by atoms with E-state index < -0.39 is 0 Å². The predicted molar refractivity (Wildman–Crippen MR) is 114 cm³/mol. The Labute approximate surface area is 175 Å². The van der Waals surface area contributed by atoms with Crippen LogP contribution in [0.15, 0.2) is 77.3 Å². The van der Waals surface area contributed by atoms with Gasteiger partial charge in [-0.3, -0.25) is 4.79 Å². The summed E-state index contributed by atoms with van der Waals surface area (Å²) in [4.78, 5) is 15.0. The van der Waals surface area contributed by atoms with Gasteiger partial charge in [0.15, 0.2) is 0 Å². The molecule has 0 atom stereocenters. The zero-order valence-electron chi connectivity index (χ0n) is 14.8. The molecule has 0 spiro atoms. The van der Waals surface area contributed by atoms with Crippen molar-refractivity contribution in [3.8, 4) is 0 Å². The van der Waals surface area contributed by atoms with Crippen LogP contribution in [0.3, 0.4) is 0 Å². The van der Waals surface area contributed by atoms with Crippen LogP contribution in [-0.2, 0) is 17.9 Å². The lowest BCUT2D eigenvalue weighted by Gasteiger charge is -2.23. The van der Waals surface area contributed by atoms with Gasteiger partial charge in [0, 0.05) is 15.2 Å². The number of rotatable bonds is 5. The Morgan fingerprint density at radius 2 is 1.82 bits per heavy atom. The van der Waals surface area contributed by atoms with Crippen molar-refractivity contribution >= 4 is 50.2 Å². The standard InChI is InChI=1S/C21H16BrClN4O/c22-16-8-10-18(11-9-16)26(13-15-4-3-5-17(23)12-15)21(28)14-27-20-7-2-1-6-19(20)24-25-27/h1-12H,13-14H2. The summed E-state index contributed by atoms with van der Waals surface area (Å²) in [5.41, 5.74) is 3.35. The molecule has 4 rings (SSSR count). The van der Waals surface area contributed by atoms with Crippen LogP contribution in [0.2, 0.25) is 5.02 Å². The van der Waals surface area contributed by atoms with Crippen molar-refractivity contribution < 1.29 is 4.79 Å². The van der Waals surface area contributed by atoms with E-state index in [1.807, 2.05) is 72.8 Å². The normalized spacial score (nSPS) is 10.9. The van der Waals surface area contributed by atoms with Crippen LogP contribution >= 0.6 is 27.5 Å². The Balaban J connectivity index is 1.65. The molecular formula is C21H16BrClN4O. The maximum Gasteiger partial charge on any atom is 0.249 e. The molecule has 28 heavy (non-hydrogen) atoms. The lowest BCUT2D eigenvalue weighted by Crippen LogP contribution is -2.33. The van der Waals surface area contributed by atoms with Gasteiger partial charge in [-0.25, -0.2) is 4.68 Å². The second-order valence-electron chi connectivity index (χ2n) is 6.32. The zero-order chi connectivity index (χ0) is 19.5. The van der Waals surface area contributed by atoms with Gasteiger partial charge in [0.1, 0.15) is 12.1 Å². The van der Waals surface area contributed by atoms with Crippen molar-refractivity contribution in [1.29, 1.82) is 0 Å². The van der Waals surface area contributed by atoms with Crippen molar-refractivity contribution in [2.45, 2.75) is 13.1 Å². The summed E-state index contributed by atoms with van der Waals surface area (Å²) >= 11 is 9.56. The molecule has 0 fully saturated rings. The minimum absolute atomic E-state index is 0.0852. The summed E-state index contributed by atoms with van der Waals surface area (Å²) in [6.07, 6.45) is 0. The molecule has 0 saturated heterocycles. The summed E-state index contributed by atoms with van der Waals surface area (Å²) in [5, 5.41) is 8.91. The number of aromatic nitrogens is 3. The van der Waals surface area contributed by atoms with Crippen molar-refractivity contribution in [1.82, 2.24) is 15.0 Å². The number of fused-ring (bicyclic) bond motifs is 1. The first-order chi connectivity index (χ1) is 13.6. The van der Waals surface area contributed by atoms with E-state index in [1.165, 1.54) is 0 Å². The van der Waals surface area contributed by atoms with Crippen LogP contribution in [0.5, 0.6) is 0 Å². The first-order valence-corrected chi connectivity index (χ1v) is 9.86. The lowest BCUT2D eigenvalue weighted by atomic mass is 10.2. The second kappa shape index (κ2) is 8.12. The number of para-hydroxylation sites is 1. The number of halogens is 2. The van der Waals surface area contributed by atoms with Gasteiger partial charge in [-0.1, -0.05) is 57.0 Å². The molecule has 0 unspecified atom stereocenters. The maximum atomic E-state index is 13.2. The molecule has 4 aromatic rings. The first-order valence-electron chi connectivity index (χ1n) is 8.69. The number of nitrogens with zero attached hydrogens (tertiary/aromatic N) is 4. The van der Waals surface area contributed by atoms with E-state index in [0.29, 0.717) is 11.6 Å².